The number of piperazine rings is 1. The number of anilines is 1. The number of nitrogens with one attached hydrogen (secondary N) is 1. The van der Waals surface area contributed by atoms with Crippen molar-refractivity contribution < 1.29 is 4.79 Å². The molecular weight excluding hydrogens is 333 g/mol. The van der Waals surface area contributed by atoms with Crippen LogP contribution in [0.15, 0.2) is 24.3 Å². The second-order valence-electron chi connectivity index (χ2n) is 5.23. The molecule has 7 heteroatoms. The van der Waals surface area contributed by atoms with Crippen LogP contribution in [0.4, 0.5) is 5.69 Å². The zero-order chi connectivity index (χ0) is 15.5. The standard InChI is InChI=1S/C14H18Cl3N3O/c1-19-6-8-20(9-7-19)10-11-2-4-12(5-3-11)18-13(21)14(15,16)17/h2-5H,6-10H2,1H3,(H,18,21). The van der Waals surface area contributed by atoms with Gasteiger partial charge in [0.2, 0.25) is 0 Å². The molecule has 2 rings (SSSR count). The number of rotatable bonds is 3. The molecule has 1 amide bonds. The molecule has 1 N–H and O–H groups in total. The molecule has 0 aliphatic carbocycles. The number of hydrogen-bond acceptors (Lipinski definition) is 3. The van der Waals surface area contributed by atoms with Crippen molar-refractivity contribution in [3.63, 3.8) is 0 Å². The third-order valence-electron chi connectivity index (χ3n) is 3.47. The fourth-order valence-corrected chi connectivity index (χ4v) is 2.30. The lowest BCUT2D eigenvalue weighted by molar-refractivity contribution is -0.115. The van der Waals surface area contributed by atoms with E-state index in [0.29, 0.717) is 5.69 Å². The molecule has 1 aliphatic rings. The summed E-state index contributed by atoms with van der Waals surface area (Å²) >= 11 is 16.5. The molecule has 1 saturated heterocycles. The molecule has 1 aromatic carbocycles. The number of nitrogens with zero attached hydrogens (tertiary/aromatic N) is 2. The highest BCUT2D eigenvalue weighted by atomic mass is 35.6. The molecule has 1 fully saturated rings. The van der Waals surface area contributed by atoms with E-state index in [1.807, 2.05) is 24.3 Å². The van der Waals surface area contributed by atoms with E-state index in [0.717, 1.165) is 32.7 Å². The first-order chi connectivity index (χ1) is 9.84. The van der Waals surface area contributed by atoms with Crippen LogP contribution in [0, 0.1) is 0 Å². The van der Waals surface area contributed by atoms with Gasteiger partial charge in [0.15, 0.2) is 0 Å². The highest BCUT2D eigenvalue weighted by Crippen LogP contribution is 2.27. The monoisotopic (exact) mass is 349 g/mol. The summed E-state index contributed by atoms with van der Waals surface area (Å²) < 4.78 is -1.95. The number of hydrogen-bond donors (Lipinski definition) is 1. The van der Waals surface area contributed by atoms with Gasteiger partial charge < -0.3 is 10.2 Å². The van der Waals surface area contributed by atoms with Crippen LogP contribution in [0.25, 0.3) is 0 Å². The Bertz CT molecular complexity index is 479. The molecule has 1 aliphatic heterocycles. The van der Waals surface area contributed by atoms with Gasteiger partial charge in [-0.05, 0) is 24.7 Å². The van der Waals surface area contributed by atoms with Crippen LogP contribution in [-0.2, 0) is 11.3 Å². The van der Waals surface area contributed by atoms with Gasteiger partial charge in [0.1, 0.15) is 0 Å². The van der Waals surface area contributed by atoms with E-state index in [4.69, 9.17) is 34.8 Å². The topological polar surface area (TPSA) is 35.6 Å². The van der Waals surface area contributed by atoms with Gasteiger partial charge in [-0.3, -0.25) is 9.69 Å². The van der Waals surface area contributed by atoms with Gasteiger partial charge in [0.05, 0.1) is 0 Å². The maximum absolute atomic E-state index is 11.5. The first-order valence-electron chi connectivity index (χ1n) is 6.72. The van der Waals surface area contributed by atoms with Crippen molar-refractivity contribution in [3.8, 4) is 0 Å². The zero-order valence-corrected chi connectivity index (χ0v) is 14.0. The summed E-state index contributed by atoms with van der Waals surface area (Å²) in [5, 5.41) is 2.56. The van der Waals surface area contributed by atoms with E-state index in [-0.39, 0.29) is 0 Å². The Morgan fingerprint density at radius 3 is 2.24 bits per heavy atom. The fourth-order valence-electron chi connectivity index (χ4n) is 2.16. The molecule has 4 nitrogen and oxygen atoms in total. The summed E-state index contributed by atoms with van der Waals surface area (Å²) in [5.41, 5.74) is 1.82. The summed E-state index contributed by atoms with van der Waals surface area (Å²) in [6, 6.07) is 7.60. The summed E-state index contributed by atoms with van der Waals surface area (Å²) in [6.07, 6.45) is 0. The maximum Gasteiger partial charge on any atom is 0.276 e. The molecule has 0 radical (unpaired) electrons. The van der Waals surface area contributed by atoms with Crippen LogP contribution in [0.1, 0.15) is 5.56 Å². The predicted octanol–water partition coefficient (Wildman–Crippen LogP) is 2.74. The summed E-state index contributed by atoms with van der Waals surface area (Å²) in [6.45, 7) is 5.24. The first-order valence-corrected chi connectivity index (χ1v) is 7.86. The van der Waals surface area contributed by atoms with Gasteiger partial charge >= 0.3 is 0 Å². The first kappa shape index (κ1) is 16.8. The van der Waals surface area contributed by atoms with Gasteiger partial charge in [-0.25, -0.2) is 0 Å². The summed E-state index contributed by atoms with van der Waals surface area (Å²) in [4.78, 5) is 16.3. The van der Waals surface area contributed by atoms with E-state index >= 15 is 0 Å². The van der Waals surface area contributed by atoms with Crippen molar-refractivity contribution >= 4 is 46.4 Å². The molecule has 116 valence electrons. The van der Waals surface area contributed by atoms with E-state index < -0.39 is 9.70 Å². The molecule has 0 spiro atoms. The molecule has 0 saturated carbocycles. The molecule has 1 heterocycles. The van der Waals surface area contributed by atoms with Gasteiger partial charge in [0, 0.05) is 38.4 Å². The van der Waals surface area contributed by atoms with Crippen LogP contribution in [0.5, 0.6) is 0 Å². The molecule has 21 heavy (non-hydrogen) atoms. The third kappa shape index (κ3) is 5.31. The van der Waals surface area contributed by atoms with Crippen LogP contribution >= 0.6 is 34.8 Å². The highest BCUT2D eigenvalue weighted by Gasteiger charge is 2.30. The number of halogens is 3. The van der Waals surface area contributed by atoms with Crippen molar-refractivity contribution in [1.29, 1.82) is 0 Å². The van der Waals surface area contributed by atoms with E-state index in [1.54, 1.807) is 0 Å². The predicted molar refractivity (Wildman–Crippen MR) is 88.1 cm³/mol. The van der Waals surface area contributed by atoms with Gasteiger partial charge in [-0.1, -0.05) is 46.9 Å². The number of carbonyl (C=O) groups excluding carboxylic acids is 1. The van der Waals surface area contributed by atoms with Crippen molar-refractivity contribution in [3.05, 3.63) is 29.8 Å². The van der Waals surface area contributed by atoms with E-state index in [9.17, 15) is 4.79 Å². The Labute approximate surface area is 139 Å². The Balaban J connectivity index is 1.89. The van der Waals surface area contributed by atoms with Crippen LogP contribution in [-0.4, -0.2) is 52.7 Å². The molecular formula is C14H18Cl3N3O. The van der Waals surface area contributed by atoms with Crippen molar-refractivity contribution in [2.24, 2.45) is 0 Å². The number of carbonyl (C=O) groups is 1. The lowest BCUT2D eigenvalue weighted by atomic mass is 10.2. The number of amides is 1. The minimum absolute atomic E-state index is 0.619. The number of alkyl halides is 3. The zero-order valence-electron chi connectivity index (χ0n) is 11.8. The highest BCUT2D eigenvalue weighted by molar-refractivity contribution is 6.76. The Kier molecular flexibility index (Phi) is 5.74. The van der Waals surface area contributed by atoms with Crippen LogP contribution in [0.2, 0.25) is 0 Å². The van der Waals surface area contributed by atoms with Gasteiger partial charge in [0.25, 0.3) is 9.70 Å². The third-order valence-corrected chi connectivity index (χ3v) is 3.99. The average Bonchev–Trinajstić information content (AvgIpc) is 2.42. The largest absolute Gasteiger partial charge is 0.322 e. The number of benzene rings is 1. The van der Waals surface area contributed by atoms with Crippen molar-refractivity contribution in [2.75, 3.05) is 38.5 Å². The fraction of sp³-hybridized carbons (Fsp3) is 0.500. The molecule has 1 aromatic rings. The average molecular weight is 351 g/mol. The minimum atomic E-state index is -1.95. The quantitative estimate of drug-likeness (QED) is 0.852. The van der Waals surface area contributed by atoms with E-state index in [2.05, 4.69) is 22.2 Å². The smallest absolute Gasteiger partial charge is 0.276 e. The van der Waals surface area contributed by atoms with Gasteiger partial charge in [-0.15, -0.1) is 0 Å². The minimum Gasteiger partial charge on any atom is -0.322 e. The van der Waals surface area contributed by atoms with Crippen LogP contribution in [0.3, 0.4) is 0 Å². The maximum atomic E-state index is 11.5. The van der Waals surface area contributed by atoms with Gasteiger partial charge in [-0.2, -0.15) is 0 Å². The Morgan fingerprint density at radius 2 is 1.71 bits per heavy atom. The summed E-state index contributed by atoms with van der Waals surface area (Å²) in [7, 11) is 2.14. The Morgan fingerprint density at radius 1 is 1.14 bits per heavy atom. The second-order valence-corrected chi connectivity index (χ2v) is 7.51. The molecule has 0 aromatic heterocycles. The molecule has 0 unspecified atom stereocenters. The molecule has 0 bridgehead atoms. The Hall–Kier alpha value is -0.520. The lowest BCUT2D eigenvalue weighted by Gasteiger charge is -2.32. The second kappa shape index (κ2) is 7.16. The van der Waals surface area contributed by atoms with Crippen molar-refractivity contribution in [1.82, 2.24) is 9.80 Å². The van der Waals surface area contributed by atoms with Crippen molar-refractivity contribution in [2.45, 2.75) is 10.3 Å². The summed E-state index contributed by atoms with van der Waals surface area (Å²) in [5.74, 6) is -0.653. The van der Waals surface area contributed by atoms with Crippen LogP contribution < -0.4 is 5.32 Å². The normalized spacial score (nSPS) is 17.7. The lowest BCUT2D eigenvalue weighted by Crippen LogP contribution is -2.43. The SMILES string of the molecule is CN1CCN(Cc2ccc(NC(=O)C(Cl)(Cl)Cl)cc2)CC1. The number of likely N-dealkylation sites (N-methyl/N-ethyl adjacent to an activating group) is 1. The van der Waals surface area contributed by atoms with E-state index in [1.165, 1.54) is 5.56 Å². The molecule has 0 atom stereocenters.